The molecule has 1 aliphatic carbocycles. The van der Waals surface area contributed by atoms with Crippen LogP contribution in [0, 0.1) is 5.82 Å². The molecule has 1 saturated heterocycles. The largest absolute Gasteiger partial charge is 0.326 e. The first kappa shape index (κ1) is 23.2. The molecule has 0 bridgehead atoms. The molecule has 1 unspecified atom stereocenters. The van der Waals surface area contributed by atoms with Gasteiger partial charge in [0.2, 0.25) is 5.91 Å². The number of halogens is 1. The average molecular weight is 453 g/mol. The van der Waals surface area contributed by atoms with Gasteiger partial charge in [0.1, 0.15) is 5.82 Å². The summed E-state index contributed by atoms with van der Waals surface area (Å²) in [4.78, 5) is 30.0. The van der Waals surface area contributed by atoms with Crippen molar-refractivity contribution in [2.24, 2.45) is 0 Å². The third-order valence-electron chi connectivity index (χ3n) is 6.65. The quantitative estimate of drug-likeness (QED) is 0.571. The molecule has 3 amide bonds. The van der Waals surface area contributed by atoms with Crippen molar-refractivity contribution in [1.82, 2.24) is 9.80 Å². The minimum Gasteiger partial charge on any atom is -0.326 e. The van der Waals surface area contributed by atoms with Gasteiger partial charge in [-0.2, -0.15) is 0 Å². The summed E-state index contributed by atoms with van der Waals surface area (Å²) in [5, 5.41) is 2.89. The van der Waals surface area contributed by atoms with E-state index in [9.17, 15) is 14.0 Å². The Kier molecular flexibility index (Phi) is 7.28. The number of aryl methyl sites for hydroxylation is 1. The maximum Gasteiger partial charge on any atom is 0.324 e. The Labute approximate surface area is 195 Å². The monoisotopic (exact) mass is 452 g/mol. The lowest BCUT2D eigenvalue weighted by Gasteiger charge is -2.23. The van der Waals surface area contributed by atoms with Crippen molar-refractivity contribution in [2.45, 2.75) is 38.5 Å². The lowest BCUT2D eigenvalue weighted by Crippen LogP contribution is -2.33. The van der Waals surface area contributed by atoms with Crippen molar-refractivity contribution >= 4 is 23.3 Å². The molecule has 0 saturated carbocycles. The van der Waals surface area contributed by atoms with E-state index in [0.717, 1.165) is 56.7 Å². The molecule has 4 rings (SSSR count). The van der Waals surface area contributed by atoms with Crippen molar-refractivity contribution in [3.05, 3.63) is 59.4 Å². The molecule has 1 aliphatic heterocycles. The number of nitrogens with one attached hydrogen (secondary N) is 1. The summed E-state index contributed by atoms with van der Waals surface area (Å²) in [6, 6.07) is 12.4. The number of rotatable bonds is 9. The zero-order valence-electron chi connectivity index (χ0n) is 19.5. The van der Waals surface area contributed by atoms with Crippen molar-refractivity contribution in [3.63, 3.8) is 0 Å². The van der Waals surface area contributed by atoms with E-state index in [4.69, 9.17) is 0 Å². The van der Waals surface area contributed by atoms with Crippen molar-refractivity contribution in [1.29, 1.82) is 0 Å². The van der Waals surface area contributed by atoms with Crippen molar-refractivity contribution in [2.75, 3.05) is 50.0 Å². The number of likely N-dealkylation sites (N-methyl/N-ethyl adjacent to an activating group) is 1. The summed E-state index contributed by atoms with van der Waals surface area (Å²) >= 11 is 0. The number of amides is 3. The van der Waals surface area contributed by atoms with Crippen LogP contribution >= 0.6 is 0 Å². The summed E-state index contributed by atoms with van der Waals surface area (Å²) in [5.74, 6) is 0.155. The van der Waals surface area contributed by atoms with Gasteiger partial charge in [0.05, 0.1) is 0 Å². The molecule has 0 spiro atoms. The van der Waals surface area contributed by atoms with E-state index in [-0.39, 0.29) is 17.8 Å². The Balaban J connectivity index is 1.20. The van der Waals surface area contributed by atoms with Crippen LogP contribution in [0.2, 0.25) is 0 Å². The standard InChI is InChI=1S/C26H33FN4O2/c1-19(32)28-23-10-7-20-5-6-21(25(20)17-23)18-29(2)13-3-4-14-30-15-16-31(26(30)33)24-11-8-22(27)9-12-24/h7-12,17,21H,3-6,13-16,18H2,1-2H3,(H,28,32). The lowest BCUT2D eigenvalue weighted by molar-refractivity contribution is -0.114. The van der Waals surface area contributed by atoms with Gasteiger partial charge in [0.15, 0.2) is 0 Å². The molecule has 2 aliphatic rings. The van der Waals surface area contributed by atoms with Gasteiger partial charge in [-0.25, -0.2) is 9.18 Å². The van der Waals surface area contributed by atoms with E-state index in [1.807, 2.05) is 11.0 Å². The normalized spacial score (nSPS) is 17.7. The summed E-state index contributed by atoms with van der Waals surface area (Å²) in [6.45, 7) is 5.62. The number of nitrogens with zero attached hydrogens (tertiary/aromatic N) is 3. The van der Waals surface area contributed by atoms with Crippen molar-refractivity contribution < 1.29 is 14.0 Å². The molecule has 6 nitrogen and oxygen atoms in total. The molecule has 0 radical (unpaired) electrons. The molecule has 7 heteroatoms. The van der Waals surface area contributed by atoms with Crippen LogP contribution in [0.1, 0.15) is 43.2 Å². The number of unbranched alkanes of at least 4 members (excludes halogenated alkanes) is 1. The first-order valence-corrected chi connectivity index (χ1v) is 11.8. The molecule has 2 aromatic rings. The van der Waals surface area contributed by atoms with Crippen molar-refractivity contribution in [3.8, 4) is 0 Å². The fourth-order valence-electron chi connectivity index (χ4n) is 4.96. The Morgan fingerprint density at radius 1 is 1.15 bits per heavy atom. The molecule has 1 atom stereocenters. The van der Waals surface area contributed by atoms with E-state index in [1.165, 1.54) is 30.2 Å². The average Bonchev–Trinajstić information content (AvgIpc) is 3.35. The maximum absolute atomic E-state index is 13.1. The highest BCUT2D eigenvalue weighted by Crippen LogP contribution is 2.35. The van der Waals surface area contributed by atoms with E-state index >= 15 is 0 Å². The second-order valence-corrected chi connectivity index (χ2v) is 9.20. The predicted molar refractivity (Wildman–Crippen MR) is 129 cm³/mol. The molecule has 0 aromatic heterocycles. The second kappa shape index (κ2) is 10.3. The van der Waals surface area contributed by atoms with E-state index in [2.05, 4.69) is 29.4 Å². The minimum atomic E-state index is -0.291. The summed E-state index contributed by atoms with van der Waals surface area (Å²) in [5.41, 5.74) is 4.38. The summed E-state index contributed by atoms with van der Waals surface area (Å²) in [7, 11) is 2.16. The first-order valence-electron chi connectivity index (χ1n) is 11.8. The molecule has 1 fully saturated rings. The molecule has 1 N–H and O–H groups in total. The number of benzene rings is 2. The van der Waals surface area contributed by atoms with Gasteiger partial charge >= 0.3 is 6.03 Å². The number of hydrogen-bond acceptors (Lipinski definition) is 3. The van der Waals surface area contributed by atoms with Crippen LogP contribution in [0.5, 0.6) is 0 Å². The SMILES string of the molecule is CC(=O)Nc1ccc2c(c1)C(CN(C)CCCCN1CCN(c3ccc(F)cc3)C1=O)CC2. The highest BCUT2D eigenvalue weighted by molar-refractivity contribution is 5.94. The molecular weight excluding hydrogens is 419 g/mol. The fourth-order valence-corrected chi connectivity index (χ4v) is 4.96. The number of fused-ring (bicyclic) bond motifs is 1. The Hall–Kier alpha value is -2.93. The fraction of sp³-hybridized carbons (Fsp3) is 0.462. The zero-order chi connectivity index (χ0) is 23.4. The Morgan fingerprint density at radius 2 is 1.94 bits per heavy atom. The third-order valence-corrected chi connectivity index (χ3v) is 6.65. The predicted octanol–water partition coefficient (Wildman–Crippen LogP) is 4.47. The van der Waals surface area contributed by atoms with E-state index < -0.39 is 0 Å². The lowest BCUT2D eigenvalue weighted by atomic mass is 10.00. The number of anilines is 2. The van der Waals surface area contributed by atoms with Crippen LogP contribution in [0.15, 0.2) is 42.5 Å². The minimum absolute atomic E-state index is 0.00694. The third kappa shape index (κ3) is 5.71. The van der Waals surface area contributed by atoms with E-state index in [0.29, 0.717) is 19.0 Å². The number of urea groups is 1. The van der Waals surface area contributed by atoms with Crippen LogP contribution in [-0.4, -0.2) is 61.5 Å². The zero-order valence-corrected chi connectivity index (χ0v) is 19.5. The molecular formula is C26H33FN4O2. The Bertz CT molecular complexity index is 994. The van der Waals surface area contributed by atoms with Gasteiger partial charge in [0.25, 0.3) is 0 Å². The molecule has 176 valence electrons. The summed E-state index contributed by atoms with van der Waals surface area (Å²) in [6.07, 6.45) is 4.23. The van der Waals surface area contributed by atoms with Crippen LogP contribution < -0.4 is 10.2 Å². The highest BCUT2D eigenvalue weighted by atomic mass is 19.1. The smallest absolute Gasteiger partial charge is 0.324 e. The van der Waals surface area contributed by atoms with Crippen LogP contribution in [0.25, 0.3) is 0 Å². The summed E-state index contributed by atoms with van der Waals surface area (Å²) < 4.78 is 13.1. The number of carbonyl (C=O) groups excluding carboxylic acids is 2. The Morgan fingerprint density at radius 3 is 2.70 bits per heavy atom. The van der Waals surface area contributed by atoms with Gasteiger partial charge in [-0.15, -0.1) is 0 Å². The number of carbonyl (C=O) groups is 2. The first-order chi connectivity index (χ1) is 15.9. The maximum atomic E-state index is 13.1. The van der Waals surface area contributed by atoms with Crippen LogP contribution in [0.3, 0.4) is 0 Å². The second-order valence-electron chi connectivity index (χ2n) is 9.20. The molecule has 2 aromatic carbocycles. The molecule has 1 heterocycles. The van der Waals surface area contributed by atoms with E-state index in [1.54, 1.807) is 17.0 Å². The van der Waals surface area contributed by atoms with Crippen LogP contribution in [-0.2, 0) is 11.2 Å². The van der Waals surface area contributed by atoms with Gasteiger partial charge in [0, 0.05) is 44.5 Å². The van der Waals surface area contributed by atoms with Crippen LogP contribution in [0.4, 0.5) is 20.6 Å². The highest BCUT2D eigenvalue weighted by Gasteiger charge is 2.29. The molecule has 33 heavy (non-hydrogen) atoms. The van der Waals surface area contributed by atoms with Gasteiger partial charge < -0.3 is 15.1 Å². The van der Waals surface area contributed by atoms with Gasteiger partial charge in [-0.1, -0.05) is 6.07 Å². The number of hydrogen-bond donors (Lipinski definition) is 1. The van der Waals surface area contributed by atoms with Gasteiger partial charge in [-0.05, 0) is 92.7 Å². The van der Waals surface area contributed by atoms with Gasteiger partial charge in [-0.3, -0.25) is 9.69 Å². The topological polar surface area (TPSA) is 55.9 Å².